The van der Waals surface area contributed by atoms with Crippen molar-refractivity contribution in [3.8, 4) is 17.6 Å². The maximum Gasteiger partial charge on any atom is 0.340 e. The second kappa shape index (κ2) is 22.6. The third-order valence-electron chi connectivity index (χ3n) is 20.8. The number of aliphatic hydroxyl groups excluding tert-OH is 3. The molecule has 4 aromatic carbocycles. The summed E-state index contributed by atoms with van der Waals surface area (Å²) >= 11 is 0. The zero-order valence-corrected chi connectivity index (χ0v) is 47.3. The van der Waals surface area contributed by atoms with Gasteiger partial charge in [-0.05, 0) is 151 Å². The summed E-state index contributed by atoms with van der Waals surface area (Å²) in [5, 5.41) is 32.6. The van der Waals surface area contributed by atoms with E-state index in [1.807, 2.05) is 0 Å². The minimum Gasteiger partial charge on any atom is -0.481 e. The van der Waals surface area contributed by atoms with Crippen LogP contribution in [0.3, 0.4) is 0 Å². The van der Waals surface area contributed by atoms with Crippen LogP contribution >= 0.6 is 0 Å². The summed E-state index contributed by atoms with van der Waals surface area (Å²) < 4.78 is 33.8. The van der Waals surface area contributed by atoms with Crippen LogP contribution in [0, 0.1) is 41.4 Å². The maximum atomic E-state index is 15.9. The van der Waals surface area contributed by atoms with E-state index >= 15 is 9.59 Å². The Balaban J connectivity index is 1.00. The molecule has 1 spiro atoms. The van der Waals surface area contributed by atoms with Crippen LogP contribution in [0.1, 0.15) is 170 Å². The summed E-state index contributed by atoms with van der Waals surface area (Å²) in [6.07, 6.45) is 18.9. The van der Waals surface area contributed by atoms with Gasteiger partial charge in [-0.25, -0.2) is 9.59 Å². The molecule has 82 heavy (non-hydrogen) atoms. The second-order valence-electron chi connectivity index (χ2n) is 25.0. The predicted octanol–water partition coefficient (Wildman–Crippen LogP) is 11.8. The Morgan fingerprint density at radius 1 is 0.841 bits per heavy atom. The van der Waals surface area contributed by atoms with Gasteiger partial charge >= 0.3 is 17.6 Å². The Morgan fingerprint density at radius 3 is 2.56 bits per heavy atom. The molecule has 8 aliphatic rings. The first-order valence-electron chi connectivity index (χ1n) is 30.5. The molecule has 5 aromatic rings. The number of hydrogen-bond donors (Lipinski definition) is 3. The lowest BCUT2D eigenvalue weighted by Crippen LogP contribution is -2.66. The van der Waals surface area contributed by atoms with Gasteiger partial charge in [-0.2, -0.15) is 0 Å². The van der Waals surface area contributed by atoms with Gasteiger partial charge in [0.25, 0.3) is 0 Å². The Bertz CT molecular complexity index is 3530. The Morgan fingerprint density at radius 2 is 1.71 bits per heavy atom. The first kappa shape index (κ1) is 54.7. The molecular formula is C71H76O11. The van der Waals surface area contributed by atoms with Gasteiger partial charge in [0.2, 0.25) is 0 Å². The van der Waals surface area contributed by atoms with Crippen molar-refractivity contribution in [2.45, 2.75) is 157 Å². The van der Waals surface area contributed by atoms with Crippen LogP contribution in [0.15, 0.2) is 124 Å². The topological polar surface area (TPSA) is 162 Å². The molecule has 0 saturated heterocycles. The number of fused-ring (bicyclic) bond motifs is 12. The maximum absolute atomic E-state index is 15.9. The highest BCUT2D eigenvalue weighted by Crippen LogP contribution is 2.59. The molecule has 0 unspecified atom stereocenters. The molecular weight excluding hydrogens is 1030 g/mol. The summed E-state index contributed by atoms with van der Waals surface area (Å²) in [5.74, 6) is 5.18. The molecule has 11 heteroatoms. The first-order chi connectivity index (χ1) is 40.1. The first-order valence-corrected chi connectivity index (χ1v) is 30.5. The van der Waals surface area contributed by atoms with Gasteiger partial charge in [0.15, 0.2) is 17.8 Å². The molecule has 3 N–H and O–H groups in total. The highest BCUT2D eigenvalue weighted by molar-refractivity contribution is 5.91. The van der Waals surface area contributed by atoms with E-state index in [-0.39, 0.29) is 90.8 Å². The molecule has 3 aliphatic heterocycles. The van der Waals surface area contributed by atoms with Crippen LogP contribution in [0.25, 0.3) is 11.0 Å². The number of esters is 2. The fourth-order valence-corrected chi connectivity index (χ4v) is 17.0. The van der Waals surface area contributed by atoms with Crippen molar-refractivity contribution < 1.29 is 48.3 Å². The second-order valence-corrected chi connectivity index (χ2v) is 25.0. The monoisotopic (exact) mass is 1100 g/mol. The normalized spacial score (nSPS) is 30.9. The lowest BCUT2D eigenvalue weighted by Gasteiger charge is -2.56. The van der Waals surface area contributed by atoms with E-state index < -0.39 is 53.8 Å². The summed E-state index contributed by atoms with van der Waals surface area (Å²) in [6, 6.07) is 28.6. The highest BCUT2D eigenvalue weighted by atomic mass is 16.6. The Kier molecular flexibility index (Phi) is 15.0. The molecule has 11 nitrogen and oxygen atoms in total. The van der Waals surface area contributed by atoms with Crippen molar-refractivity contribution in [1.82, 2.24) is 0 Å². The van der Waals surface area contributed by atoms with E-state index in [2.05, 4.69) is 103 Å². The van der Waals surface area contributed by atoms with Gasteiger partial charge in [0, 0.05) is 72.2 Å². The molecule has 5 bridgehead atoms. The van der Waals surface area contributed by atoms with Crippen molar-refractivity contribution in [2.75, 3.05) is 26.9 Å². The van der Waals surface area contributed by atoms with Gasteiger partial charge in [-0.15, -0.1) is 0 Å². The van der Waals surface area contributed by atoms with E-state index in [0.717, 1.165) is 55.2 Å². The van der Waals surface area contributed by atoms with Crippen LogP contribution in [-0.2, 0) is 55.1 Å². The molecule has 12 atom stereocenters. The number of hydrogen-bond acceptors (Lipinski definition) is 11. The van der Waals surface area contributed by atoms with Crippen molar-refractivity contribution in [2.24, 2.45) is 29.6 Å². The van der Waals surface area contributed by atoms with Gasteiger partial charge in [0.1, 0.15) is 11.3 Å². The fraction of sp³-hybridized carbons (Fsp3) is 0.479. The third-order valence-corrected chi connectivity index (χ3v) is 20.8. The van der Waals surface area contributed by atoms with E-state index in [9.17, 15) is 20.1 Å². The number of aryl methyl sites for hydroxylation is 2. The van der Waals surface area contributed by atoms with Crippen LogP contribution in [0.5, 0.6) is 5.75 Å². The van der Waals surface area contributed by atoms with Gasteiger partial charge in [-0.3, -0.25) is 4.79 Å². The van der Waals surface area contributed by atoms with Gasteiger partial charge < -0.3 is 38.7 Å². The van der Waals surface area contributed by atoms with Crippen LogP contribution in [0.2, 0.25) is 0 Å². The number of carbonyl (C=O) groups is 2. The number of rotatable bonds is 9. The minimum absolute atomic E-state index is 0.00544. The van der Waals surface area contributed by atoms with Gasteiger partial charge in [-0.1, -0.05) is 129 Å². The smallest absolute Gasteiger partial charge is 0.340 e. The molecule has 5 aliphatic carbocycles. The van der Waals surface area contributed by atoms with Crippen LogP contribution < -0.4 is 10.4 Å². The molecule has 426 valence electrons. The number of methoxy groups -OCH3 is 1. The molecule has 2 saturated carbocycles. The molecule has 13 rings (SSSR count). The van der Waals surface area contributed by atoms with E-state index in [0.29, 0.717) is 53.0 Å². The van der Waals surface area contributed by atoms with E-state index in [1.165, 1.54) is 55.0 Å². The van der Waals surface area contributed by atoms with Crippen LogP contribution in [0.4, 0.5) is 0 Å². The zero-order chi connectivity index (χ0) is 56.3. The minimum atomic E-state index is -1.40. The summed E-state index contributed by atoms with van der Waals surface area (Å²) in [7, 11) is 1.52. The average molecular weight is 1110 g/mol. The zero-order valence-electron chi connectivity index (χ0n) is 47.3. The highest BCUT2D eigenvalue weighted by Gasteiger charge is 2.65. The average Bonchev–Trinajstić information content (AvgIpc) is 2.10. The number of carbonyl (C=O) groups excluding carboxylic acids is 2. The number of benzene rings is 4. The molecule has 0 amide bonds. The lowest BCUT2D eigenvalue weighted by molar-refractivity contribution is -0.214. The SMILES string of the molecule is COC[C@@H](CCO)c1c(CO)c2ccc3c(c2oc1=O)[C@H]1OC(=O)C[C@@H]2C[C@@H](c4cccc([C@@]56CCCC[C@@H]5CCc5ccccc56)c4)C=C[C@H]2c2ccc4cc2CC#C[C@@H]2C=C[C@@H]5CCCC[C@@H]5[C@]2(O3)[C@@H]1OC(=O)/C(=C(/C)CO)CC4. The number of aliphatic hydroxyl groups is 3. The summed E-state index contributed by atoms with van der Waals surface area (Å²) in [6.45, 7) is 0.676. The van der Waals surface area contributed by atoms with Crippen molar-refractivity contribution in [3.05, 3.63) is 180 Å². The molecule has 2 fully saturated rings. The van der Waals surface area contributed by atoms with Crippen molar-refractivity contribution in [3.63, 3.8) is 0 Å². The standard InChI is InChI=1S/C71H76O11/c1-42(39-73)54-27-20-43-21-28-55-48(35-43)14-10-16-52-26-23-45-12-4-6-19-60(45)71(52)67(81-68(54)76)66(64-61(82-71)31-30-57-58(40-74)63(69(77)80-65(57)64)49(32-34-72)41-78-2)79-62(75)38-50-36-47(24-29-56(50)55)46-13-9-17-53(37-46)70-33-8-7-15-51(70)25-22-44-11-3-5-18-59(44)70/h3,5,9,11,13,17-18,21,23-24,26,28-31,35,37,45,47,49-52,56,60,66-67,72-74H,4,6-8,12,14-15,19-20,22,25,27,32-34,36,38-41H2,1-2H3/b54-42-/t45-,47-,49+,50-,51+,52+,56+,60-,66+,67+,70+,71-/m0/s1. The third kappa shape index (κ3) is 9.22. The predicted molar refractivity (Wildman–Crippen MR) is 312 cm³/mol. The van der Waals surface area contributed by atoms with E-state index in [4.69, 9.17) is 23.4 Å². The molecule has 1 aromatic heterocycles. The number of ether oxygens (including phenoxy) is 4. The lowest BCUT2D eigenvalue weighted by atomic mass is 9.54. The van der Waals surface area contributed by atoms with Crippen molar-refractivity contribution >= 4 is 22.9 Å². The summed E-state index contributed by atoms with van der Waals surface area (Å²) in [5.41, 5.74) is 8.07. The Labute approximate surface area is 480 Å². The number of allylic oxidation sites excluding steroid dienone is 3. The fourth-order valence-electron chi connectivity index (χ4n) is 17.0. The van der Waals surface area contributed by atoms with Crippen molar-refractivity contribution in [1.29, 1.82) is 0 Å². The summed E-state index contributed by atoms with van der Waals surface area (Å²) in [4.78, 5) is 46.0. The Hall–Kier alpha value is -6.55. The van der Waals surface area contributed by atoms with Crippen LogP contribution in [-0.4, -0.2) is 65.9 Å². The van der Waals surface area contributed by atoms with E-state index in [1.54, 1.807) is 19.1 Å². The molecule has 4 heterocycles. The van der Waals surface area contributed by atoms with Gasteiger partial charge in [0.05, 0.1) is 31.3 Å². The molecule has 0 radical (unpaired) electrons. The quantitative estimate of drug-likeness (QED) is 0.0423. The largest absolute Gasteiger partial charge is 0.481 e.